The zero-order valence-corrected chi connectivity index (χ0v) is 20.1. The number of halogens is 1. The maximum Gasteiger partial charge on any atom is 0.500 e. The first-order chi connectivity index (χ1) is 13.3. The Morgan fingerprint density at radius 2 is 1.04 bits per heavy atom. The maximum atomic E-state index is 5.92. The van der Waals surface area contributed by atoms with E-state index < -0.39 is 8.80 Å². The first-order valence-corrected chi connectivity index (χ1v) is 13.1. The van der Waals surface area contributed by atoms with Crippen LogP contribution in [0.3, 0.4) is 0 Å². The molecular formula is C22H42ClNO3Si. The number of pyridine rings is 1. The van der Waals surface area contributed by atoms with Crippen LogP contribution in [-0.2, 0) is 19.8 Å². The Bertz CT molecular complexity index is 434. The highest BCUT2D eigenvalue weighted by molar-refractivity contribution is 6.60. The molecule has 0 amide bonds. The van der Waals surface area contributed by atoms with Crippen molar-refractivity contribution in [1.29, 1.82) is 0 Å². The lowest BCUT2D eigenvalue weighted by Crippen LogP contribution is -3.00. The van der Waals surface area contributed by atoms with E-state index in [1.807, 2.05) is 20.8 Å². The SMILES string of the molecule is CCO[Si](CCCCCCCCCCC[n+]1ccccc1)(OCC)OCC.[Cl-]. The summed E-state index contributed by atoms with van der Waals surface area (Å²) in [5.74, 6) is 0. The summed E-state index contributed by atoms with van der Waals surface area (Å²) in [5.41, 5.74) is 0. The molecule has 0 aliphatic rings. The fraction of sp³-hybridized carbons (Fsp3) is 0.773. The van der Waals surface area contributed by atoms with Gasteiger partial charge in [0.2, 0.25) is 0 Å². The highest BCUT2D eigenvalue weighted by Gasteiger charge is 2.39. The largest absolute Gasteiger partial charge is 1.00 e. The first kappa shape index (κ1) is 27.5. The topological polar surface area (TPSA) is 31.6 Å². The molecule has 0 bridgehead atoms. The predicted molar refractivity (Wildman–Crippen MR) is 114 cm³/mol. The van der Waals surface area contributed by atoms with Gasteiger partial charge in [0.05, 0.1) is 0 Å². The van der Waals surface area contributed by atoms with Crippen molar-refractivity contribution in [3.63, 3.8) is 0 Å². The number of hydrogen-bond acceptors (Lipinski definition) is 3. The van der Waals surface area contributed by atoms with E-state index in [2.05, 4.69) is 35.2 Å². The summed E-state index contributed by atoms with van der Waals surface area (Å²) >= 11 is 0. The summed E-state index contributed by atoms with van der Waals surface area (Å²) in [6.45, 7) is 9.25. The van der Waals surface area contributed by atoms with Gasteiger partial charge in [-0.1, -0.05) is 44.6 Å². The molecule has 0 atom stereocenters. The number of rotatable bonds is 18. The molecule has 164 valence electrons. The van der Waals surface area contributed by atoms with Gasteiger partial charge < -0.3 is 25.7 Å². The van der Waals surface area contributed by atoms with E-state index in [9.17, 15) is 0 Å². The molecule has 0 spiro atoms. The third-order valence-electron chi connectivity index (χ3n) is 4.77. The molecule has 0 saturated carbocycles. The van der Waals surface area contributed by atoms with Crippen LogP contribution in [0.25, 0.3) is 0 Å². The molecule has 0 aromatic carbocycles. The Morgan fingerprint density at radius 3 is 1.50 bits per heavy atom. The van der Waals surface area contributed by atoms with E-state index in [1.165, 1.54) is 51.4 Å². The van der Waals surface area contributed by atoms with Crippen molar-refractivity contribution in [2.45, 2.75) is 91.1 Å². The van der Waals surface area contributed by atoms with Crippen molar-refractivity contribution in [1.82, 2.24) is 0 Å². The summed E-state index contributed by atoms with van der Waals surface area (Å²) in [4.78, 5) is 0. The van der Waals surface area contributed by atoms with E-state index in [0.29, 0.717) is 19.8 Å². The molecule has 0 saturated heterocycles. The lowest BCUT2D eigenvalue weighted by Gasteiger charge is -2.28. The summed E-state index contributed by atoms with van der Waals surface area (Å²) in [6, 6.07) is 7.23. The zero-order valence-electron chi connectivity index (χ0n) is 18.3. The maximum absolute atomic E-state index is 5.92. The minimum atomic E-state index is -2.42. The molecule has 0 fully saturated rings. The van der Waals surface area contributed by atoms with Crippen LogP contribution in [0.1, 0.15) is 78.6 Å². The van der Waals surface area contributed by atoms with E-state index in [1.54, 1.807) is 0 Å². The second kappa shape index (κ2) is 18.6. The lowest BCUT2D eigenvalue weighted by molar-refractivity contribution is -0.697. The Labute approximate surface area is 180 Å². The van der Waals surface area contributed by atoms with Gasteiger partial charge in [0.15, 0.2) is 12.4 Å². The highest BCUT2D eigenvalue weighted by atomic mass is 35.5. The molecular weight excluding hydrogens is 390 g/mol. The number of unbranched alkanes of at least 4 members (excludes halogenated alkanes) is 8. The Kier molecular flexibility index (Phi) is 18.3. The lowest BCUT2D eigenvalue weighted by atomic mass is 10.1. The summed E-state index contributed by atoms with van der Waals surface area (Å²) in [7, 11) is -2.42. The van der Waals surface area contributed by atoms with Crippen LogP contribution in [-0.4, -0.2) is 28.6 Å². The number of aryl methyl sites for hydroxylation is 1. The molecule has 0 radical (unpaired) electrons. The quantitative estimate of drug-likeness (QED) is 0.203. The molecule has 1 rings (SSSR count). The fourth-order valence-corrected chi connectivity index (χ4v) is 6.14. The van der Waals surface area contributed by atoms with Crippen LogP contribution in [0.2, 0.25) is 6.04 Å². The van der Waals surface area contributed by atoms with Crippen molar-refractivity contribution in [3.8, 4) is 0 Å². The van der Waals surface area contributed by atoms with Crippen LogP contribution in [0.4, 0.5) is 0 Å². The van der Waals surface area contributed by atoms with Crippen molar-refractivity contribution >= 4 is 8.80 Å². The standard InChI is InChI=1S/C22H42NO3Si.ClH/c1-4-24-27(25-5-2,26-6-3)22-18-13-11-9-7-8-10-12-15-19-23-20-16-14-17-21-23;/h14,16-17,20-21H,4-13,15,18-19,22H2,1-3H3;1H/q+1;/p-1. The smallest absolute Gasteiger partial charge is 0.500 e. The summed E-state index contributed by atoms with van der Waals surface area (Å²) < 4.78 is 20.0. The second-order valence-electron chi connectivity index (χ2n) is 7.03. The molecule has 0 N–H and O–H groups in total. The molecule has 0 unspecified atom stereocenters. The van der Waals surface area contributed by atoms with Gasteiger partial charge in [0, 0.05) is 44.4 Å². The third-order valence-corrected chi connectivity index (χ3v) is 7.92. The Morgan fingerprint density at radius 1 is 0.607 bits per heavy atom. The average molecular weight is 432 g/mol. The molecule has 0 aliphatic carbocycles. The van der Waals surface area contributed by atoms with E-state index >= 15 is 0 Å². The molecule has 1 aromatic heterocycles. The van der Waals surface area contributed by atoms with E-state index in [-0.39, 0.29) is 12.4 Å². The van der Waals surface area contributed by atoms with Crippen molar-refractivity contribution in [2.75, 3.05) is 19.8 Å². The second-order valence-corrected chi connectivity index (χ2v) is 9.76. The molecule has 6 heteroatoms. The first-order valence-electron chi connectivity index (χ1n) is 11.1. The van der Waals surface area contributed by atoms with Gasteiger partial charge in [0.1, 0.15) is 6.54 Å². The Hall–Kier alpha value is -0.463. The summed E-state index contributed by atoms with van der Waals surface area (Å²) in [6.07, 6.45) is 16.1. The molecule has 0 aliphatic heterocycles. The van der Waals surface area contributed by atoms with Gasteiger partial charge in [-0.15, -0.1) is 0 Å². The van der Waals surface area contributed by atoms with E-state index in [0.717, 1.165) is 19.0 Å². The molecule has 1 heterocycles. The van der Waals surface area contributed by atoms with Crippen LogP contribution < -0.4 is 17.0 Å². The van der Waals surface area contributed by atoms with Crippen molar-refractivity contribution in [3.05, 3.63) is 30.6 Å². The Balaban J connectivity index is 0.00000729. The van der Waals surface area contributed by atoms with Crippen LogP contribution in [0, 0.1) is 0 Å². The average Bonchev–Trinajstić information content (AvgIpc) is 2.67. The van der Waals surface area contributed by atoms with Crippen molar-refractivity contribution in [2.24, 2.45) is 0 Å². The summed E-state index contributed by atoms with van der Waals surface area (Å²) in [5, 5.41) is 0. The predicted octanol–water partition coefficient (Wildman–Crippen LogP) is 2.54. The van der Waals surface area contributed by atoms with Gasteiger partial charge >= 0.3 is 8.80 Å². The number of hydrogen-bond donors (Lipinski definition) is 0. The molecule has 28 heavy (non-hydrogen) atoms. The monoisotopic (exact) mass is 431 g/mol. The number of aromatic nitrogens is 1. The minimum absolute atomic E-state index is 0. The third kappa shape index (κ3) is 12.9. The number of nitrogens with zero attached hydrogens (tertiary/aromatic N) is 1. The van der Waals surface area contributed by atoms with Crippen LogP contribution in [0.5, 0.6) is 0 Å². The molecule has 1 aromatic rings. The van der Waals surface area contributed by atoms with Crippen LogP contribution >= 0.6 is 0 Å². The van der Waals surface area contributed by atoms with Gasteiger partial charge in [-0.3, -0.25) is 0 Å². The van der Waals surface area contributed by atoms with Gasteiger partial charge in [-0.05, 0) is 33.6 Å². The molecule has 4 nitrogen and oxygen atoms in total. The minimum Gasteiger partial charge on any atom is -1.00 e. The normalized spacial score (nSPS) is 11.4. The van der Waals surface area contributed by atoms with Gasteiger partial charge in [-0.25, -0.2) is 4.57 Å². The van der Waals surface area contributed by atoms with Crippen LogP contribution in [0.15, 0.2) is 30.6 Å². The highest BCUT2D eigenvalue weighted by Crippen LogP contribution is 2.20. The zero-order chi connectivity index (χ0) is 19.6. The van der Waals surface area contributed by atoms with Gasteiger partial charge in [-0.2, -0.15) is 0 Å². The van der Waals surface area contributed by atoms with E-state index in [4.69, 9.17) is 13.3 Å². The van der Waals surface area contributed by atoms with Gasteiger partial charge in [0.25, 0.3) is 0 Å². The fourth-order valence-electron chi connectivity index (χ4n) is 3.46. The van der Waals surface area contributed by atoms with Crippen molar-refractivity contribution < 1.29 is 30.3 Å².